The molecule has 0 aliphatic heterocycles. The molecule has 0 saturated heterocycles. The van der Waals surface area contributed by atoms with Crippen LogP contribution in [0.1, 0.15) is 25.7 Å². The van der Waals surface area contributed by atoms with Gasteiger partial charge in [0, 0.05) is 0 Å². The van der Waals surface area contributed by atoms with Crippen molar-refractivity contribution in [2.45, 2.75) is 25.7 Å². The normalized spacial score (nSPS) is 21.5. The van der Waals surface area contributed by atoms with Crippen molar-refractivity contribution in [2.24, 2.45) is 23.7 Å². The Morgan fingerprint density at radius 3 is 1.05 bits per heavy atom. The van der Waals surface area contributed by atoms with Crippen LogP contribution in [0.5, 0.6) is 0 Å². The lowest BCUT2D eigenvalue weighted by atomic mass is 9.83. The van der Waals surface area contributed by atoms with Gasteiger partial charge in [-0.05, 0) is 25.7 Å². The SMILES string of the molecule is C=CCOC(=O)C1CC=CCC1C(=O)OCCOCCOCCOCCOC(=O)C1CC=CCC1C(=O)OCC=C. The van der Waals surface area contributed by atoms with E-state index in [4.69, 9.17) is 33.2 Å². The van der Waals surface area contributed by atoms with Gasteiger partial charge in [0.1, 0.15) is 26.4 Å². The van der Waals surface area contributed by atoms with Crippen molar-refractivity contribution in [1.29, 1.82) is 0 Å². The van der Waals surface area contributed by atoms with Gasteiger partial charge in [-0.2, -0.15) is 0 Å². The fourth-order valence-corrected chi connectivity index (χ4v) is 4.32. The lowest BCUT2D eigenvalue weighted by molar-refractivity contribution is -0.161. The number of hydrogen-bond acceptors (Lipinski definition) is 11. The molecule has 0 saturated carbocycles. The average molecular weight is 579 g/mol. The summed E-state index contributed by atoms with van der Waals surface area (Å²) in [6, 6.07) is 0. The molecular weight excluding hydrogens is 536 g/mol. The molecule has 4 unspecified atom stereocenters. The monoisotopic (exact) mass is 578 g/mol. The van der Waals surface area contributed by atoms with Crippen molar-refractivity contribution >= 4 is 23.9 Å². The minimum absolute atomic E-state index is 0.0726. The second-order valence-corrected chi connectivity index (χ2v) is 9.32. The van der Waals surface area contributed by atoms with Crippen LogP contribution in [0.25, 0.3) is 0 Å². The van der Waals surface area contributed by atoms with Gasteiger partial charge in [0.05, 0.1) is 63.3 Å². The third-order valence-electron chi connectivity index (χ3n) is 6.45. The van der Waals surface area contributed by atoms with Gasteiger partial charge < -0.3 is 33.2 Å². The molecule has 0 spiro atoms. The fraction of sp³-hybridized carbons (Fsp3) is 0.600. The molecule has 0 radical (unpaired) electrons. The van der Waals surface area contributed by atoms with Gasteiger partial charge in [0.25, 0.3) is 0 Å². The first-order chi connectivity index (χ1) is 20.0. The third kappa shape index (κ3) is 12.8. The van der Waals surface area contributed by atoms with Crippen LogP contribution in [0.4, 0.5) is 0 Å². The maximum atomic E-state index is 12.4. The highest BCUT2D eigenvalue weighted by atomic mass is 16.6. The van der Waals surface area contributed by atoms with E-state index in [0.717, 1.165) is 0 Å². The van der Waals surface area contributed by atoms with E-state index in [9.17, 15) is 19.2 Å². The van der Waals surface area contributed by atoms with E-state index in [1.807, 2.05) is 24.3 Å². The van der Waals surface area contributed by atoms with Crippen LogP contribution in [0.2, 0.25) is 0 Å². The zero-order valence-electron chi connectivity index (χ0n) is 23.6. The van der Waals surface area contributed by atoms with Crippen molar-refractivity contribution in [3.8, 4) is 0 Å². The van der Waals surface area contributed by atoms with Crippen molar-refractivity contribution < 1.29 is 52.3 Å². The first-order valence-corrected chi connectivity index (χ1v) is 13.9. The summed E-state index contributed by atoms with van der Waals surface area (Å²) in [5.41, 5.74) is 0. The molecule has 11 heteroatoms. The molecule has 41 heavy (non-hydrogen) atoms. The van der Waals surface area contributed by atoms with E-state index in [-0.39, 0.29) is 39.6 Å². The lowest BCUT2D eigenvalue weighted by Crippen LogP contribution is -2.34. The van der Waals surface area contributed by atoms with E-state index < -0.39 is 47.5 Å². The molecule has 0 heterocycles. The van der Waals surface area contributed by atoms with E-state index in [2.05, 4.69) is 13.2 Å². The number of ether oxygens (including phenoxy) is 7. The maximum Gasteiger partial charge on any atom is 0.310 e. The average Bonchev–Trinajstić information content (AvgIpc) is 3.00. The van der Waals surface area contributed by atoms with E-state index in [1.165, 1.54) is 12.2 Å². The van der Waals surface area contributed by atoms with Gasteiger partial charge in [0.15, 0.2) is 0 Å². The van der Waals surface area contributed by atoms with Crippen LogP contribution in [0.3, 0.4) is 0 Å². The lowest BCUT2D eigenvalue weighted by Gasteiger charge is -2.25. The summed E-state index contributed by atoms with van der Waals surface area (Å²) in [4.78, 5) is 49.3. The Kier molecular flexibility index (Phi) is 17.0. The second kappa shape index (κ2) is 20.6. The summed E-state index contributed by atoms with van der Waals surface area (Å²) in [5, 5.41) is 0. The standard InChI is InChI=1S/C30H42O11/c1-3-13-38-27(31)23-9-5-7-11-25(23)29(33)40-21-19-36-17-15-35-16-18-37-20-22-41-30(34)26-12-8-6-10-24(26)28(32)39-14-4-2/h3-8,23-26H,1-2,9-22H2. The number of allylic oxidation sites excluding steroid dienone is 4. The number of carbonyl (C=O) groups excluding carboxylic acids is 4. The zero-order chi connectivity index (χ0) is 29.7. The van der Waals surface area contributed by atoms with Gasteiger partial charge in [-0.25, -0.2) is 0 Å². The summed E-state index contributed by atoms with van der Waals surface area (Å²) >= 11 is 0. The van der Waals surface area contributed by atoms with Gasteiger partial charge in [-0.15, -0.1) is 0 Å². The van der Waals surface area contributed by atoms with Crippen molar-refractivity contribution in [3.63, 3.8) is 0 Å². The molecule has 11 nitrogen and oxygen atoms in total. The molecule has 0 aromatic carbocycles. The largest absolute Gasteiger partial charge is 0.463 e. The van der Waals surface area contributed by atoms with E-state index in [1.54, 1.807) is 0 Å². The number of esters is 4. The number of rotatable bonds is 20. The molecule has 0 amide bonds. The molecule has 0 aromatic heterocycles. The zero-order valence-corrected chi connectivity index (χ0v) is 23.6. The summed E-state index contributed by atoms with van der Waals surface area (Å²) in [7, 11) is 0. The predicted octanol–water partition coefficient (Wildman–Crippen LogP) is 2.75. The minimum Gasteiger partial charge on any atom is -0.463 e. The Labute approximate surface area is 241 Å². The molecule has 2 rings (SSSR count). The first-order valence-electron chi connectivity index (χ1n) is 13.9. The van der Waals surface area contributed by atoms with Gasteiger partial charge in [0.2, 0.25) is 0 Å². The van der Waals surface area contributed by atoms with E-state index >= 15 is 0 Å². The van der Waals surface area contributed by atoms with Crippen LogP contribution in [0.15, 0.2) is 49.6 Å². The third-order valence-corrected chi connectivity index (χ3v) is 6.45. The van der Waals surface area contributed by atoms with Crippen LogP contribution in [0, 0.1) is 23.7 Å². The van der Waals surface area contributed by atoms with Gasteiger partial charge in [-0.3, -0.25) is 19.2 Å². The molecule has 0 aromatic rings. The quantitative estimate of drug-likeness (QED) is 0.0914. The summed E-state index contributed by atoms with van der Waals surface area (Å²) < 4.78 is 37.0. The second-order valence-electron chi connectivity index (χ2n) is 9.32. The Bertz CT molecular complexity index is 838. The Balaban J connectivity index is 1.46. The topological polar surface area (TPSA) is 133 Å². The first kappa shape index (κ1) is 33.9. The van der Waals surface area contributed by atoms with Crippen LogP contribution < -0.4 is 0 Å². The minimum atomic E-state index is -0.573. The predicted molar refractivity (Wildman–Crippen MR) is 147 cm³/mol. The number of hydrogen-bond donors (Lipinski definition) is 0. The maximum absolute atomic E-state index is 12.4. The van der Waals surface area contributed by atoms with Crippen molar-refractivity contribution in [2.75, 3.05) is 66.1 Å². The van der Waals surface area contributed by atoms with Crippen LogP contribution in [-0.2, 0) is 52.3 Å². The van der Waals surface area contributed by atoms with E-state index in [0.29, 0.717) is 52.1 Å². The van der Waals surface area contributed by atoms with Crippen molar-refractivity contribution in [3.05, 3.63) is 49.6 Å². The summed E-state index contributed by atoms with van der Waals surface area (Å²) in [5.74, 6) is -4.01. The molecule has 0 bridgehead atoms. The molecule has 2 aliphatic carbocycles. The van der Waals surface area contributed by atoms with Gasteiger partial charge in [-0.1, -0.05) is 49.6 Å². The van der Waals surface area contributed by atoms with Crippen LogP contribution >= 0.6 is 0 Å². The molecule has 2 aliphatic rings. The smallest absolute Gasteiger partial charge is 0.310 e. The fourth-order valence-electron chi connectivity index (χ4n) is 4.32. The molecule has 228 valence electrons. The Morgan fingerprint density at radius 2 is 0.756 bits per heavy atom. The van der Waals surface area contributed by atoms with Gasteiger partial charge >= 0.3 is 23.9 Å². The highest BCUT2D eigenvalue weighted by molar-refractivity contribution is 5.83. The molecule has 4 atom stereocenters. The highest BCUT2D eigenvalue weighted by Crippen LogP contribution is 2.29. The molecule has 0 N–H and O–H groups in total. The summed E-state index contributed by atoms with van der Waals surface area (Å²) in [6.07, 6.45) is 12.2. The number of carbonyl (C=O) groups is 4. The van der Waals surface area contributed by atoms with Crippen molar-refractivity contribution in [1.82, 2.24) is 0 Å². The summed E-state index contributed by atoms with van der Waals surface area (Å²) in [6.45, 7) is 9.08. The molecule has 0 fully saturated rings. The molecular formula is C30H42O11. The highest BCUT2D eigenvalue weighted by Gasteiger charge is 2.37. The Hall–Kier alpha value is -3.28. The Morgan fingerprint density at radius 1 is 0.488 bits per heavy atom. The van der Waals surface area contributed by atoms with Crippen LogP contribution in [-0.4, -0.2) is 89.9 Å².